The molecule has 1 aliphatic carbocycles. The van der Waals surface area contributed by atoms with Gasteiger partial charge in [0.25, 0.3) is 0 Å². The van der Waals surface area contributed by atoms with E-state index in [4.69, 9.17) is 0 Å². The Morgan fingerprint density at radius 2 is 1.89 bits per heavy atom. The monoisotopic (exact) mass is 390 g/mol. The first-order chi connectivity index (χ1) is 13.4. The van der Waals surface area contributed by atoms with Crippen LogP contribution in [-0.4, -0.2) is 20.6 Å². The smallest absolute Gasteiger partial charge is 0.341 e. The highest BCUT2D eigenvalue weighted by Gasteiger charge is 2.32. The van der Waals surface area contributed by atoms with E-state index in [0.717, 1.165) is 6.20 Å². The van der Waals surface area contributed by atoms with E-state index >= 15 is 4.39 Å². The van der Waals surface area contributed by atoms with Crippen LogP contribution in [0.4, 0.5) is 24.7 Å². The molecule has 1 fully saturated rings. The second-order valence-corrected chi connectivity index (χ2v) is 6.32. The molecule has 2 aromatic heterocycles. The minimum atomic E-state index is -1.64. The molecule has 144 valence electrons. The number of carboxylic acid groups (broad SMARTS) is 1. The Morgan fingerprint density at radius 3 is 2.50 bits per heavy atom. The van der Waals surface area contributed by atoms with E-state index in [1.54, 1.807) is 12.1 Å². The Hall–Kier alpha value is -3.56. The maximum absolute atomic E-state index is 15.1. The van der Waals surface area contributed by atoms with E-state index in [0.29, 0.717) is 12.8 Å². The van der Waals surface area contributed by atoms with Gasteiger partial charge in [-0.2, -0.15) is 0 Å². The number of hydrogen-bond acceptors (Lipinski definition) is 5. The lowest BCUT2D eigenvalue weighted by Crippen LogP contribution is -2.22. The quantitative estimate of drug-likeness (QED) is 0.457. The molecule has 1 saturated carbocycles. The number of pyridine rings is 2. The molecule has 28 heavy (non-hydrogen) atoms. The number of carbonyl (C=O) groups is 1. The summed E-state index contributed by atoms with van der Waals surface area (Å²) in [6, 6.07) is 4.48. The summed E-state index contributed by atoms with van der Waals surface area (Å²) >= 11 is 0. The molecule has 0 saturated heterocycles. The molecule has 0 bridgehead atoms. The van der Waals surface area contributed by atoms with Crippen LogP contribution in [0.1, 0.15) is 29.2 Å². The minimum absolute atomic E-state index is 0.225. The van der Waals surface area contributed by atoms with Crippen molar-refractivity contribution >= 4 is 28.4 Å². The number of aromatic nitrogens is 2. The summed E-state index contributed by atoms with van der Waals surface area (Å²) in [5.41, 5.74) is 1.34. The molecule has 0 atom stereocenters. The molecular formula is C18H13F3N4O3. The molecule has 1 aliphatic rings. The molecular weight excluding hydrogens is 377 g/mol. The summed E-state index contributed by atoms with van der Waals surface area (Å²) in [7, 11) is 0. The number of fused-ring (bicyclic) bond motifs is 1. The predicted octanol–water partition coefficient (Wildman–Crippen LogP) is 3.29. The van der Waals surface area contributed by atoms with Gasteiger partial charge in [0.05, 0.1) is 10.9 Å². The number of hydrazine groups is 1. The molecule has 1 aromatic carbocycles. The standard InChI is InChI=1S/C18H13F3N4O3/c19-12-11-16(25(8-4-5-8)7-9(17(11)26)18(27)28)14(21)15(13(12)20)24-23-10-3-1-2-6-22-10/h1-3,6-8,24H,4-5H2,(H,22,23)(H,27,28). The Labute approximate surface area is 155 Å². The molecule has 4 rings (SSSR count). The third kappa shape index (κ3) is 2.82. The first kappa shape index (κ1) is 17.8. The largest absolute Gasteiger partial charge is 0.477 e. The van der Waals surface area contributed by atoms with Crippen molar-refractivity contribution in [2.75, 3.05) is 10.9 Å². The normalized spacial score (nSPS) is 13.5. The third-order valence-corrected chi connectivity index (χ3v) is 4.45. The lowest BCUT2D eigenvalue weighted by Gasteiger charge is -2.17. The number of carboxylic acids is 1. The topological polar surface area (TPSA) is 96.2 Å². The van der Waals surface area contributed by atoms with E-state index in [2.05, 4.69) is 15.8 Å². The second-order valence-electron chi connectivity index (χ2n) is 6.32. The van der Waals surface area contributed by atoms with E-state index in [1.165, 1.54) is 16.8 Å². The fourth-order valence-corrected chi connectivity index (χ4v) is 2.96. The predicted molar refractivity (Wildman–Crippen MR) is 94.8 cm³/mol. The Balaban J connectivity index is 1.94. The van der Waals surface area contributed by atoms with E-state index in [1.807, 2.05) is 0 Å². The molecule has 0 spiro atoms. The van der Waals surface area contributed by atoms with Gasteiger partial charge in [0.1, 0.15) is 17.1 Å². The van der Waals surface area contributed by atoms with Crippen LogP contribution in [0.25, 0.3) is 10.9 Å². The van der Waals surface area contributed by atoms with E-state index in [-0.39, 0.29) is 11.9 Å². The van der Waals surface area contributed by atoms with Gasteiger partial charge in [-0.1, -0.05) is 6.07 Å². The van der Waals surface area contributed by atoms with Crippen LogP contribution in [-0.2, 0) is 0 Å². The number of halogens is 3. The number of nitrogens with zero attached hydrogens (tertiary/aromatic N) is 2. The zero-order valence-electron chi connectivity index (χ0n) is 14.2. The van der Waals surface area contributed by atoms with Gasteiger partial charge >= 0.3 is 5.97 Å². The van der Waals surface area contributed by atoms with Crippen LogP contribution < -0.4 is 16.3 Å². The number of rotatable bonds is 5. The maximum atomic E-state index is 15.1. The molecule has 2 heterocycles. The summed E-state index contributed by atoms with van der Waals surface area (Å²) in [4.78, 5) is 27.6. The van der Waals surface area contributed by atoms with Crippen molar-refractivity contribution < 1.29 is 23.1 Å². The van der Waals surface area contributed by atoms with Crippen molar-refractivity contribution in [2.45, 2.75) is 18.9 Å². The summed E-state index contributed by atoms with van der Waals surface area (Å²) in [5, 5.41) is 8.27. The van der Waals surface area contributed by atoms with Crippen LogP contribution in [0.5, 0.6) is 0 Å². The van der Waals surface area contributed by atoms with E-state index < -0.39 is 51.0 Å². The number of benzene rings is 1. The van der Waals surface area contributed by atoms with Crippen LogP contribution in [0, 0.1) is 17.5 Å². The minimum Gasteiger partial charge on any atom is -0.477 e. The van der Waals surface area contributed by atoms with Crippen molar-refractivity contribution in [3.05, 3.63) is 63.8 Å². The molecule has 3 aromatic rings. The number of aromatic carboxylic acids is 1. The first-order valence-corrected chi connectivity index (χ1v) is 8.31. The maximum Gasteiger partial charge on any atom is 0.341 e. The third-order valence-electron chi connectivity index (χ3n) is 4.45. The summed E-state index contributed by atoms with van der Waals surface area (Å²) in [5.74, 6) is -5.85. The van der Waals surface area contributed by atoms with Gasteiger partial charge in [0.15, 0.2) is 17.5 Å². The first-order valence-electron chi connectivity index (χ1n) is 8.31. The van der Waals surface area contributed by atoms with Crippen LogP contribution in [0.2, 0.25) is 0 Å². The van der Waals surface area contributed by atoms with Gasteiger partial charge in [-0.05, 0) is 25.0 Å². The number of anilines is 2. The number of nitrogens with one attached hydrogen (secondary N) is 2. The second kappa shape index (κ2) is 6.55. The van der Waals surface area contributed by atoms with Gasteiger partial charge in [-0.15, -0.1) is 0 Å². The van der Waals surface area contributed by atoms with Gasteiger partial charge in [0, 0.05) is 18.4 Å². The van der Waals surface area contributed by atoms with Crippen molar-refractivity contribution in [3.8, 4) is 0 Å². The van der Waals surface area contributed by atoms with E-state index in [9.17, 15) is 23.5 Å². The fraction of sp³-hybridized carbons (Fsp3) is 0.167. The summed E-state index contributed by atoms with van der Waals surface area (Å²) in [6.45, 7) is 0. The van der Waals surface area contributed by atoms with Crippen molar-refractivity contribution in [1.82, 2.24) is 9.55 Å². The zero-order chi connectivity index (χ0) is 20.0. The zero-order valence-corrected chi connectivity index (χ0v) is 14.2. The Kier molecular flexibility index (Phi) is 4.17. The molecule has 0 amide bonds. The Morgan fingerprint density at radius 1 is 1.14 bits per heavy atom. The van der Waals surface area contributed by atoms with Gasteiger partial charge in [0.2, 0.25) is 5.43 Å². The molecule has 0 radical (unpaired) electrons. The Bertz CT molecular complexity index is 1160. The van der Waals surface area contributed by atoms with Crippen LogP contribution in [0.15, 0.2) is 35.4 Å². The van der Waals surface area contributed by atoms with Gasteiger partial charge in [-0.3, -0.25) is 15.6 Å². The lowest BCUT2D eigenvalue weighted by atomic mass is 10.1. The highest BCUT2D eigenvalue weighted by Crippen LogP contribution is 2.39. The molecule has 10 heteroatoms. The van der Waals surface area contributed by atoms with Gasteiger partial charge in [-0.25, -0.2) is 22.9 Å². The van der Waals surface area contributed by atoms with Crippen molar-refractivity contribution in [3.63, 3.8) is 0 Å². The summed E-state index contributed by atoms with van der Waals surface area (Å²) < 4.78 is 45.5. The summed E-state index contributed by atoms with van der Waals surface area (Å²) in [6.07, 6.45) is 3.62. The SMILES string of the molecule is O=C(O)c1cn(C2CC2)c2c(F)c(NNc3ccccn3)c(F)c(F)c2c1=O. The van der Waals surface area contributed by atoms with Crippen molar-refractivity contribution in [1.29, 1.82) is 0 Å². The average Bonchev–Trinajstić information content (AvgIpc) is 3.51. The average molecular weight is 390 g/mol. The van der Waals surface area contributed by atoms with Crippen molar-refractivity contribution in [2.24, 2.45) is 0 Å². The highest BCUT2D eigenvalue weighted by atomic mass is 19.2. The van der Waals surface area contributed by atoms with Crippen LogP contribution >= 0.6 is 0 Å². The number of hydrogen-bond donors (Lipinski definition) is 3. The molecule has 7 nitrogen and oxygen atoms in total. The fourth-order valence-electron chi connectivity index (χ4n) is 2.96. The van der Waals surface area contributed by atoms with Gasteiger partial charge < -0.3 is 9.67 Å². The highest BCUT2D eigenvalue weighted by molar-refractivity contribution is 5.94. The lowest BCUT2D eigenvalue weighted by molar-refractivity contribution is 0.0694. The van der Waals surface area contributed by atoms with Crippen LogP contribution in [0.3, 0.4) is 0 Å². The molecule has 3 N–H and O–H groups in total. The molecule has 0 unspecified atom stereocenters. The molecule has 0 aliphatic heterocycles.